The van der Waals surface area contributed by atoms with Gasteiger partial charge in [-0.05, 0) is 176 Å². The number of aromatic hydroxyl groups is 3. The standard InChI is InChI=1S/C60H69N6O12PS/c1-64-61-37-40-16-13-19-49(58(40)67)73-22-7-10-25-76-55-34-46-28-44-32-53(71-5)57-36-48(44)30-45-33-54(72-6)56(35-47(45)29-43(46)31-52(55)70-4)77-26-11-8-23-74-50-20-14-17-41(59(50)68)38-62-65(2)79(64,80)66(3)63-39-42-18-15-21-51(60(42)69)75-24-9-12-27-78-57/h13-21,31-39,67-69H,7-12,22-30H2,1-6H3/b61-37-,62-38?,63-39?. The van der Waals surface area contributed by atoms with Crippen molar-refractivity contribution in [2.75, 3.05) is 82.1 Å². The molecule has 6 heterocycles. The molecule has 0 saturated carbocycles. The zero-order valence-corrected chi connectivity index (χ0v) is 47.8. The quantitative estimate of drug-likeness (QED) is 0.142. The van der Waals surface area contributed by atoms with E-state index in [1.165, 1.54) is 18.6 Å². The fourth-order valence-corrected chi connectivity index (χ4v) is 11.6. The first-order chi connectivity index (χ1) is 38.9. The van der Waals surface area contributed by atoms with Crippen molar-refractivity contribution in [1.29, 1.82) is 0 Å². The highest BCUT2D eigenvalue weighted by molar-refractivity contribution is 8.11. The zero-order chi connectivity index (χ0) is 56.2. The van der Waals surface area contributed by atoms with Crippen molar-refractivity contribution in [1.82, 2.24) is 14.3 Å². The van der Waals surface area contributed by atoms with Gasteiger partial charge in [0.15, 0.2) is 69.0 Å². The lowest BCUT2D eigenvalue weighted by Gasteiger charge is -2.39. The van der Waals surface area contributed by atoms with Gasteiger partial charge in [0.05, 0.1) is 79.6 Å². The van der Waals surface area contributed by atoms with Crippen LogP contribution in [0.4, 0.5) is 0 Å². The summed E-state index contributed by atoms with van der Waals surface area (Å²) in [5.74, 6) is 4.27. The highest BCUT2D eigenvalue weighted by atomic mass is 32.4. The van der Waals surface area contributed by atoms with Crippen LogP contribution in [0.1, 0.15) is 88.6 Å². The molecule has 0 amide bonds. The molecule has 6 aromatic carbocycles. The molecule has 0 aromatic heterocycles. The highest BCUT2D eigenvalue weighted by Crippen LogP contribution is 2.55. The van der Waals surface area contributed by atoms with Gasteiger partial charge in [0.25, 0.3) is 6.49 Å². The van der Waals surface area contributed by atoms with Crippen molar-refractivity contribution in [2.45, 2.75) is 57.8 Å². The van der Waals surface area contributed by atoms with Crippen molar-refractivity contribution in [3.8, 4) is 69.0 Å². The van der Waals surface area contributed by atoms with Gasteiger partial charge in [-0.1, -0.05) is 18.2 Å². The van der Waals surface area contributed by atoms with E-state index in [-0.39, 0.29) is 34.5 Å². The Morgan fingerprint density at radius 3 is 0.912 bits per heavy atom. The number of para-hydroxylation sites is 3. The number of ether oxygens (including phenoxy) is 9. The molecule has 0 saturated heterocycles. The number of methoxy groups -OCH3 is 3. The van der Waals surface area contributed by atoms with Gasteiger partial charge >= 0.3 is 0 Å². The van der Waals surface area contributed by atoms with Crippen LogP contribution in [0.2, 0.25) is 0 Å². The van der Waals surface area contributed by atoms with Crippen LogP contribution in [-0.4, -0.2) is 130 Å². The summed E-state index contributed by atoms with van der Waals surface area (Å²) in [6.07, 6.45) is 10.1. The van der Waals surface area contributed by atoms with Crippen LogP contribution >= 0.6 is 6.49 Å². The summed E-state index contributed by atoms with van der Waals surface area (Å²) in [6.45, 7) is -1.23. The average Bonchev–Trinajstić information content (AvgIpc) is 3.52. The molecule has 6 aromatic rings. The number of rotatable bonds is 3. The molecule has 422 valence electrons. The van der Waals surface area contributed by atoms with Crippen LogP contribution < -0.4 is 42.6 Å². The van der Waals surface area contributed by atoms with Gasteiger partial charge in [-0.15, -0.1) is 0 Å². The molecular weight excluding hydrogens is 1060 g/mol. The van der Waals surface area contributed by atoms with Crippen molar-refractivity contribution in [2.24, 2.45) is 15.3 Å². The van der Waals surface area contributed by atoms with Crippen LogP contribution in [0, 0.1) is 0 Å². The number of phenols is 3. The third-order valence-electron chi connectivity index (χ3n) is 14.1. The lowest BCUT2D eigenvalue weighted by atomic mass is 9.94. The van der Waals surface area contributed by atoms with E-state index in [1.54, 1.807) is 111 Å². The Morgan fingerprint density at radius 2 is 0.650 bits per heavy atom. The van der Waals surface area contributed by atoms with Gasteiger partial charge in [-0.2, -0.15) is 15.3 Å². The second-order valence-corrected chi connectivity index (χ2v) is 23.6. The number of hydrogen-bond donors (Lipinski definition) is 3. The first kappa shape index (κ1) is 56.7. The van der Waals surface area contributed by atoms with Crippen LogP contribution in [-0.2, 0) is 31.1 Å². The summed E-state index contributed by atoms with van der Waals surface area (Å²) < 4.78 is 60.6. The number of hydrogen-bond acceptors (Lipinski definition) is 16. The minimum Gasteiger partial charge on any atom is -0.504 e. The molecule has 3 N–H and O–H groups in total. The smallest absolute Gasteiger partial charge is 0.265 e. The molecule has 16 bridgehead atoms. The van der Waals surface area contributed by atoms with E-state index in [4.69, 9.17) is 69.7 Å². The summed E-state index contributed by atoms with van der Waals surface area (Å²) >= 11 is 6.46. The fraction of sp³-hybridized carbons (Fsp3) is 0.350. The van der Waals surface area contributed by atoms with Gasteiger partial charge in [-0.25, -0.2) is 14.3 Å². The number of phenolic OH excluding ortho intramolecular Hbond substituents is 3. The van der Waals surface area contributed by atoms with Gasteiger partial charge in [-0.3, -0.25) is 0 Å². The summed E-state index contributed by atoms with van der Waals surface area (Å²) in [4.78, 5) is 0. The Hall–Kier alpha value is -8.02. The SMILES string of the molecule is COc1cc2c3cc1OCCCCOc1cccc(c1O)C=NN(C)P1(=S)N(C)N=Cc4cccc(c4O)OCCCCOc4cc(c(cc4OC)C3)Cc3cc(OC)c(cc3C2)OCCCCOc2cccc(c2O)/C=N\N1C. The first-order valence-electron chi connectivity index (χ1n) is 26.6. The molecule has 80 heavy (non-hydrogen) atoms. The third kappa shape index (κ3) is 13.0. The van der Waals surface area contributed by atoms with Crippen LogP contribution in [0.15, 0.2) is 106 Å². The van der Waals surface area contributed by atoms with Gasteiger partial charge in [0.2, 0.25) is 0 Å². The maximum atomic E-state index is 11.5. The Morgan fingerprint density at radius 1 is 0.400 bits per heavy atom. The molecule has 0 fully saturated rings. The Balaban J connectivity index is 1.14. The Bertz CT molecular complexity index is 2960. The predicted octanol–water partition coefficient (Wildman–Crippen LogP) is 10.7. The van der Waals surface area contributed by atoms with Crippen molar-refractivity contribution in [3.05, 3.63) is 141 Å². The molecule has 1 unspecified atom stereocenters. The van der Waals surface area contributed by atoms with Gasteiger partial charge in [0.1, 0.15) is 0 Å². The summed E-state index contributed by atoms with van der Waals surface area (Å²) in [5, 5.41) is 48.7. The second-order valence-electron chi connectivity index (χ2n) is 19.4. The fourth-order valence-electron chi connectivity index (χ4n) is 9.54. The minimum absolute atomic E-state index is 0.0971. The summed E-state index contributed by atoms with van der Waals surface area (Å²) in [7, 11) is 10.0. The molecule has 13 rings (SSSR count). The van der Waals surface area contributed by atoms with Gasteiger partial charge < -0.3 is 58.0 Å². The third-order valence-corrected chi connectivity index (χ3v) is 18.8. The lowest BCUT2D eigenvalue weighted by molar-refractivity contribution is 0.253. The zero-order valence-electron chi connectivity index (χ0n) is 46.1. The monoisotopic (exact) mass is 1130 g/mol. The number of benzene rings is 6. The number of hydrazone groups is 3. The van der Waals surface area contributed by atoms with E-state index >= 15 is 0 Å². The van der Waals surface area contributed by atoms with Crippen molar-refractivity contribution < 1.29 is 58.0 Å². The normalized spacial score (nSPS) is 17.9. The topological polar surface area (TPSA) is 191 Å². The van der Waals surface area contributed by atoms with Gasteiger partial charge in [0, 0.05) is 37.8 Å². The Labute approximate surface area is 472 Å². The molecular formula is C60H69N6O12PS. The van der Waals surface area contributed by atoms with Crippen LogP contribution in [0.5, 0.6) is 69.0 Å². The lowest BCUT2D eigenvalue weighted by Crippen LogP contribution is -2.29. The van der Waals surface area contributed by atoms with Crippen LogP contribution in [0.25, 0.3) is 0 Å². The van der Waals surface area contributed by atoms with E-state index in [1.807, 2.05) is 0 Å². The molecule has 0 radical (unpaired) electrons. The average molecular weight is 1130 g/mol. The van der Waals surface area contributed by atoms with Crippen LogP contribution in [0.3, 0.4) is 0 Å². The molecule has 1 atom stereocenters. The highest BCUT2D eigenvalue weighted by Gasteiger charge is 2.33. The van der Waals surface area contributed by atoms with E-state index < -0.39 is 6.49 Å². The van der Waals surface area contributed by atoms with Crippen molar-refractivity contribution >= 4 is 36.9 Å². The second kappa shape index (κ2) is 26.3. The molecule has 20 heteroatoms. The molecule has 0 spiro atoms. The number of nitrogens with zero attached hydrogens (tertiary/aromatic N) is 6. The number of fused-ring (bicyclic) bond motifs is 3. The summed E-state index contributed by atoms with van der Waals surface area (Å²) in [5.41, 5.74) is 7.54. The van der Waals surface area contributed by atoms with E-state index in [0.717, 1.165) is 33.4 Å². The van der Waals surface area contributed by atoms with E-state index in [2.05, 4.69) is 36.4 Å². The van der Waals surface area contributed by atoms with E-state index in [0.29, 0.717) is 149 Å². The Kier molecular flexibility index (Phi) is 18.6. The summed E-state index contributed by atoms with van der Waals surface area (Å²) in [6, 6.07) is 28.0. The molecule has 18 nitrogen and oxygen atoms in total. The van der Waals surface area contributed by atoms with E-state index in [9.17, 15) is 15.3 Å². The minimum atomic E-state index is -3.31. The molecule has 6 aliphatic heterocycles. The predicted molar refractivity (Wildman–Crippen MR) is 313 cm³/mol. The maximum absolute atomic E-state index is 11.5. The first-order valence-corrected chi connectivity index (χ1v) is 29.3. The largest absolute Gasteiger partial charge is 0.504 e. The van der Waals surface area contributed by atoms with Crippen molar-refractivity contribution in [3.63, 3.8) is 0 Å². The maximum Gasteiger partial charge on any atom is 0.265 e. The molecule has 7 aliphatic rings. The molecule has 1 aliphatic carbocycles.